The predicted molar refractivity (Wildman–Crippen MR) is 38.6 cm³/mol. The quantitative estimate of drug-likeness (QED) is 0.591. The minimum atomic E-state index is -3.35. The molecular formula is C7H14F2O2. The highest BCUT2D eigenvalue weighted by atomic mass is 19.3. The van der Waals surface area contributed by atoms with Crippen LogP contribution in [0.2, 0.25) is 0 Å². The van der Waals surface area contributed by atoms with E-state index in [9.17, 15) is 13.6 Å². The summed E-state index contributed by atoms with van der Waals surface area (Å²) in [6.07, 6.45) is 0. The molecule has 0 aromatic heterocycles. The van der Waals surface area contributed by atoms with Crippen molar-refractivity contribution in [3.05, 3.63) is 0 Å². The summed E-state index contributed by atoms with van der Waals surface area (Å²) in [6.45, 7) is 5.97. The lowest BCUT2D eigenvalue weighted by atomic mass is 10.4. The molecule has 0 heterocycles. The van der Waals surface area contributed by atoms with E-state index in [4.69, 9.17) is 0 Å². The van der Waals surface area contributed by atoms with Gasteiger partial charge in [-0.25, -0.2) is 4.79 Å². The molecule has 0 spiro atoms. The Kier molecular flexibility index (Phi) is 7.15. The summed E-state index contributed by atoms with van der Waals surface area (Å²) in [5, 5.41) is 0. The normalized spacial score (nSPS) is 9.64. The van der Waals surface area contributed by atoms with Gasteiger partial charge in [-0.05, 0) is 6.92 Å². The third kappa shape index (κ3) is 7.22. The van der Waals surface area contributed by atoms with Crippen LogP contribution < -0.4 is 0 Å². The van der Waals surface area contributed by atoms with Crippen LogP contribution in [0.5, 0.6) is 0 Å². The van der Waals surface area contributed by atoms with Gasteiger partial charge in [0.1, 0.15) is 0 Å². The predicted octanol–water partition coefficient (Wildman–Crippen LogP) is 2.23. The molecule has 0 aliphatic carbocycles. The molecule has 4 heteroatoms. The van der Waals surface area contributed by atoms with Crippen LogP contribution in [-0.2, 0) is 9.53 Å². The molecule has 0 saturated carbocycles. The summed E-state index contributed by atoms with van der Waals surface area (Å²) >= 11 is 0. The maximum Gasteiger partial charge on any atom is 0.376 e. The fourth-order valence-electron chi connectivity index (χ4n) is 0.258. The van der Waals surface area contributed by atoms with Crippen LogP contribution in [0.4, 0.5) is 8.78 Å². The highest BCUT2D eigenvalue weighted by Crippen LogP contribution is 2.12. The van der Waals surface area contributed by atoms with E-state index in [0.717, 1.165) is 0 Å². The van der Waals surface area contributed by atoms with Gasteiger partial charge in [0.05, 0.1) is 6.61 Å². The fraction of sp³-hybridized carbons (Fsp3) is 0.857. The van der Waals surface area contributed by atoms with Gasteiger partial charge in [-0.2, -0.15) is 8.78 Å². The fourth-order valence-corrected chi connectivity index (χ4v) is 0.258. The highest BCUT2D eigenvalue weighted by Gasteiger charge is 2.33. The molecular weight excluding hydrogens is 154 g/mol. The smallest absolute Gasteiger partial charge is 0.376 e. The van der Waals surface area contributed by atoms with Crippen LogP contribution >= 0.6 is 0 Å². The Hall–Kier alpha value is -0.670. The van der Waals surface area contributed by atoms with Crippen LogP contribution in [0.25, 0.3) is 0 Å². The molecule has 0 amide bonds. The number of halogens is 2. The van der Waals surface area contributed by atoms with E-state index in [1.165, 1.54) is 6.92 Å². The lowest BCUT2D eigenvalue weighted by Crippen LogP contribution is -2.26. The topological polar surface area (TPSA) is 26.3 Å². The molecule has 0 radical (unpaired) electrons. The average molecular weight is 168 g/mol. The van der Waals surface area contributed by atoms with Crippen LogP contribution in [-0.4, -0.2) is 18.5 Å². The number of alkyl halides is 2. The molecule has 0 aromatic rings. The van der Waals surface area contributed by atoms with Crippen LogP contribution in [0, 0.1) is 0 Å². The molecule has 0 unspecified atom stereocenters. The monoisotopic (exact) mass is 168 g/mol. The molecule has 0 aliphatic heterocycles. The van der Waals surface area contributed by atoms with Gasteiger partial charge >= 0.3 is 11.9 Å². The molecule has 0 fully saturated rings. The first-order valence-corrected chi connectivity index (χ1v) is 3.53. The first kappa shape index (κ1) is 13.0. The number of carbonyl (C=O) groups excluding carboxylic acids is 1. The molecule has 0 rings (SSSR count). The van der Waals surface area contributed by atoms with E-state index in [1.807, 2.05) is 13.8 Å². The van der Waals surface area contributed by atoms with Crippen molar-refractivity contribution in [2.24, 2.45) is 0 Å². The third-order valence-electron chi connectivity index (χ3n) is 0.634. The number of esters is 1. The van der Waals surface area contributed by atoms with Crippen molar-refractivity contribution in [1.82, 2.24) is 0 Å². The zero-order valence-corrected chi connectivity index (χ0v) is 7.28. The molecule has 0 bridgehead atoms. The maximum absolute atomic E-state index is 11.8. The van der Waals surface area contributed by atoms with E-state index >= 15 is 0 Å². The van der Waals surface area contributed by atoms with Gasteiger partial charge < -0.3 is 4.74 Å². The Morgan fingerprint density at radius 3 is 1.91 bits per heavy atom. The number of hydrogen-bond donors (Lipinski definition) is 0. The maximum atomic E-state index is 11.8. The molecule has 0 aliphatic rings. The third-order valence-corrected chi connectivity index (χ3v) is 0.634. The number of hydrogen-bond acceptors (Lipinski definition) is 2. The molecule has 68 valence electrons. The van der Waals surface area contributed by atoms with Crippen LogP contribution in [0.3, 0.4) is 0 Å². The van der Waals surface area contributed by atoms with Crippen molar-refractivity contribution < 1.29 is 18.3 Å². The summed E-state index contributed by atoms with van der Waals surface area (Å²) in [6, 6.07) is 0. The van der Waals surface area contributed by atoms with Crippen molar-refractivity contribution in [2.45, 2.75) is 33.6 Å². The van der Waals surface area contributed by atoms with Crippen molar-refractivity contribution in [2.75, 3.05) is 6.61 Å². The Balaban J connectivity index is 0. The summed E-state index contributed by atoms with van der Waals surface area (Å²) in [5.41, 5.74) is 0. The first-order valence-electron chi connectivity index (χ1n) is 3.53. The van der Waals surface area contributed by atoms with Crippen molar-refractivity contribution in [1.29, 1.82) is 0 Å². The number of ether oxygens (including phenoxy) is 1. The van der Waals surface area contributed by atoms with E-state index in [1.54, 1.807) is 0 Å². The summed E-state index contributed by atoms with van der Waals surface area (Å²) < 4.78 is 27.7. The second-order valence-corrected chi connectivity index (χ2v) is 1.61. The van der Waals surface area contributed by atoms with Gasteiger partial charge in [0.2, 0.25) is 0 Å². The Bertz CT molecular complexity index is 107. The molecule has 11 heavy (non-hydrogen) atoms. The summed E-state index contributed by atoms with van der Waals surface area (Å²) in [7, 11) is 0. The van der Waals surface area contributed by atoms with Gasteiger partial charge in [0.15, 0.2) is 0 Å². The number of carbonyl (C=O) groups is 1. The first-order chi connectivity index (χ1) is 4.98. The summed E-state index contributed by atoms with van der Waals surface area (Å²) in [5.74, 6) is -4.82. The SMILES string of the molecule is CC.CCOC(=O)C(C)(F)F. The van der Waals surface area contributed by atoms with E-state index < -0.39 is 11.9 Å². The Morgan fingerprint density at radius 1 is 1.45 bits per heavy atom. The Morgan fingerprint density at radius 2 is 1.82 bits per heavy atom. The second kappa shape index (κ2) is 6.07. The van der Waals surface area contributed by atoms with Gasteiger partial charge in [-0.3, -0.25) is 0 Å². The minimum Gasteiger partial charge on any atom is -0.462 e. The highest BCUT2D eigenvalue weighted by molar-refractivity contribution is 5.76. The molecule has 0 aromatic carbocycles. The van der Waals surface area contributed by atoms with Crippen molar-refractivity contribution >= 4 is 5.97 Å². The van der Waals surface area contributed by atoms with Gasteiger partial charge in [0.25, 0.3) is 0 Å². The minimum absolute atomic E-state index is 0.0116. The van der Waals surface area contributed by atoms with Gasteiger partial charge in [0, 0.05) is 6.92 Å². The van der Waals surface area contributed by atoms with Crippen LogP contribution in [0.15, 0.2) is 0 Å². The zero-order valence-electron chi connectivity index (χ0n) is 7.28. The van der Waals surface area contributed by atoms with Gasteiger partial charge in [-0.15, -0.1) is 0 Å². The molecule has 0 N–H and O–H groups in total. The average Bonchev–Trinajstić information content (AvgIpc) is 1.91. The largest absolute Gasteiger partial charge is 0.462 e. The van der Waals surface area contributed by atoms with Crippen LogP contribution in [0.1, 0.15) is 27.7 Å². The van der Waals surface area contributed by atoms with E-state index in [2.05, 4.69) is 4.74 Å². The summed E-state index contributed by atoms with van der Waals surface area (Å²) in [4.78, 5) is 10.1. The standard InChI is InChI=1S/C5H8F2O2.C2H6/c1-3-9-4(8)5(2,6)7;1-2/h3H2,1-2H3;1-2H3. The van der Waals surface area contributed by atoms with Crippen molar-refractivity contribution in [3.8, 4) is 0 Å². The zero-order chi connectivity index (χ0) is 9.49. The Labute approximate surface area is 65.5 Å². The molecule has 2 nitrogen and oxygen atoms in total. The lowest BCUT2D eigenvalue weighted by Gasteiger charge is -2.06. The van der Waals surface area contributed by atoms with Gasteiger partial charge in [-0.1, -0.05) is 13.8 Å². The lowest BCUT2D eigenvalue weighted by molar-refractivity contribution is -0.168. The molecule has 0 atom stereocenters. The van der Waals surface area contributed by atoms with E-state index in [-0.39, 0.29) is 6.61 Å². The van der Waals surface area contributed by atoms with E-state index in [0.29, 0.717) is 6.92 Å². The second-order valence-electron chi connectivity index (χ2n) is 1.61. The van der Waals surface area contributed by atoms with Crippen molar-refractivity contribution in [3.63, 3.8) is 0 Å². The number of rotatable bonds is 2. The molecule has 0 saturated heterocycles.